The van der Waals surface area contributed by atoms with Gasteiger partial charge in [0, 0.05) is 22.9 Å². The summed E-state index contributed by atoms with van der Waals surface area (Å²) in [6.07, 6.45) is 0.868. The Morgan fingerprint density at radius 3 is 2.28 bits per heavy atom. The highest BCUT2D eigenvalue weighted by molar-refractivity contribution is 7.99. The molecule has 1 unspecified atom stereocenters. The van der Waals surface area contributed by atoms with Crippen molar-refractivity contribution >= 4 is 23.6 Å². The lowest BCUT2D eigenvalue weighted by atomic mass is 9.79. The zero-order valence-electron chi connectivity index (χ0n) is 21.9. The second-order valence-corrected chi connectivity index (χ2v) is 11.1. The third kappa shape index (κ3) is 4.50. The van der Waals surface area contributed by atoms with Gasteiger partial charge >= 0.3 is 5.97 Å². The number of hydrogen-bond acceptors (Lipinski definition) is 5. The van der Waals surface area contributed by atoms with E-state index in [9.17, 15) is 15.2 Å². The molecule has 3 aromatic carbocycles. The van der Waals surface area contributed by atoms with E-state index < -0.39 is 17.7 Å². The lowest BCUT2D eigenvalue weighted by molar-refractivity contribution is -0.160. The number of carboxylic acids is 1. The van der Waals surface area contributed by atoms with Gasteiger partial charge in [-0.2, -0.15) is 5.26 Å². The van der Waals surface area contributed by atoms with Gasteiger partial charge in [-0.25, -0.2) is 4.79 Å². The van der Waals surface area contributed by atoms with Gasteiger partial charge in [-0.15, -0.1) is 0 Å². The molecule has 1 atom stereocenters. The van der Waals surface area contributed by atoms with E-state index in [1.54, 1.807) is 11.9 Å². The maximum Gasteiger partial charge on any atom is 0.337 e. The highest BCUT2D eigenvalue weighted by atomic mass is 32.2. The summed E-state index contributed by atoms with van der Waals surface area (Å²) in [5, 5.41) is 20.4. The van der Waals surface area contributed by atoms with Crippen LogP contribution >= 0.6 is 11.9 Å². The molecule has 3 aromatic rings. The largest absolute Gasteiger partial charge is 0.479 e. The number of fused-ring (bicyclic) bond motifs is 3. The van der Waals surface area contributed by atoms with Crippen molar-refractivity contribution < 1.29 is 14.6 Å². The van der Waals surface area contributed by atoms with E-state index in [2.05, 4.69) is 16.4 Å². The van der Waals surface area contributed by atoms with Crippen LogP contribution in [0, 0.1) is 32.1 Å². The van der Waals surface area contributed by atoms with E-state index in [0.29, 0.717) is 17.7 Å². The summed E-state index contributed by atoms with van der Waals surface area (Å²) in [5.41, 5.74) is 9.29. The summed E-state index contributed by atoms with van der Waals surface area (Å²) < 4.78 is 8.40. The van der Waals surface area contributed by atoms with Crippen LogP contribution in [0.15, 0.2) is 42.5 Å². The quantitative estimate of drug-likeness (QED) is 0.369. The molecule has 1 heterocycles. The molecule has 0 bridgehead atoms. The van der Waals surface area contributed by atoms with E-state index in [1.165, 1.54) is 0 Å². The van der Waals surface area contributed by atoms with Crippen molar-refractivity contribution in [3.05, 3.63) is 75.8 Å². The summed E-state index contributed by atoms with van der Waals surface area (Å²) in [6.45, 7) is 12.3. The minimum Gasteiger partial charge on any atom is -0.479 e. The number of benzene rings is 3. The number of nitriles is 1. The van der Waals surface area contributed by atoms with Crippen LogP contribution in [0.4, 0.5) is 5.69 Å². The zero-order valence-corrected chi connectivity index (χ0v) is 22.7. The topological polar surface area (TPSA) is 73.6 Å². The number of hydrogen-bond donors (Lipinski definition) is 1. The maximum absolute atomic E-state index is 12.7. The second kappa shape index (κ2) is 9.65. The Bertz CT molecular complexity index is 1380. The molecule has 4 rings (SSSR count). The number of ether oxygens (including phenoxy) is 1. The van der Waals surface area contributed by atoms with Crippen molar-refractivity contribution in [3.63, 3.8) is 0 Å². The molecule has 1 aliphatic heterocycles. The number of rotatable bonds is 5. The Kier molecular flexibility index (Phi) is 6.92. The Labute approximate surface area is 217 Å². The van der Waals surface area contributed by atoms with Crippen LogP contribution in [0.3, 0.4) is 0 Å². The van der Waals surface area contributed by atoms with Gasteiger partial charge in [-0.1, -0.05) is 53.9 Å². The molecule has 0 amide bonds. The van der Waals surface area contributed by atoms with Crippen LogP contribution in [0.5, 0.6) is 0 Å². The van der Waals surface area contributed by atoms with Crippen molar-refractivity contribution in [2.75, 3.05) is 10.6 Å². The standard InChI is InChI=1S/C30H32N2O3S/c1-17-11-13-20(14-12-17)23-18(2)24-26-21(15-31)9-8-10-22(26)16-32(36-7)27(24)19(3)25(23)28(29(33)34)35-30(4,5)6/h8-14,28H,16H2,1-7H3,(H,33,34). The molecule has 0 saturated heterocycles. The van der Waals surface area contributed by atoms with Crippen LogP contribution in [0.25, 0.3) is 22.3 Å². The van der Waals surface area contributed by atoms with Crippen LogP contribution in [0.2, 0.25) is 0 Å². The normalized spacial score (nSPS) is 13.6. The molecule has 0 aliphatic carbocycles. The number of carbonyl (C=O) groups is 1. The number of carboxylic acid groups (broad SMARTS) is 1. The van der Waals surface area contributed by atoms with Crippen molar-refractivity contribution in [1.82, 2.24) is 0 Å². The van der Waals surface area contributed by atoms with E-state index in [0.717, 1.165) is 50.2 Å². The lowest BCUT2D eigenvalue weighted by Gasteiger charge is -2.37. The average Bonchev–Trinajstić information content (AvgIpc) is 2.83. The predicted molar refractivity (Wildman–Crippen MR) is 147 cm³/mol. The summed E-state index contributed by atoms with van der Waals surface area (Å²) in [4.78, 5) is 12.7. The van der Waals surface area contributed by atoms with Crippen molar-refractivity contribution in [2.24, 2.45) is 0 Å². The van der Waals surface area contributed by atoms with Crippen LogP contribution in [-0.2, 0) is 16.1 Å². The number of nitrogens with zero attached hydrogens (tertiary/aromatic N) is 2. The lowest BCUT2D eigenvalue weighted by Crippen LogP contribution is -2.30. The summed E-state index contributed by atoms with van der Waals surface area (Å²) in [5.74, 6) is -1.02. The summed E-state index contributed by atoms with van der Waals surface area (Å²) >= 11 is 1.60. The molecule has 0 fully saturated rings. The fourth-order valence-electron chi connectivity index (χ4n) is 5.14. The molecule has 0 radical (unpaired) electrons. The highest BCUT2D eigenvalue weighted by Crippen LogP contribution is 2.52. The smallest absolute Gasteiger partial charge is 0.337 e. The first-order valence-corrected chi connectivity index (χ1v) is 13.1. The number of anilines is 1. The zero-order chi connectivity index (χ0) is 26.4. The first-order chi connectivity index (χ1) is 17.0. The van der Waals surface area contributed by atoms with Crippen LogP contribution in [0.1, 0.15) is 60.3 Å². The molecule has 6 heteroatoms. The molecule has 186 valence electrons. The Hall–Kier alpha value is -3.27. The second-order valence-electron chi connectivity index (χ2n) is 10.2. The molecular weight excluding hydrogens is 468 g/mol. The van der Waals surface area contributed by atoms with Gasteiger partial charge in [0.15, 0.2) is 6.10 Å². The van der Waals surface area contributed by atoms with Gasteiger partial charge in [0.2, 0.25) is 0 Å². The molecule has 0 saturated carbocycles. The minimum absolute atomic E-state index is 0.625. The Morgan fingerprint density at radius 2 is 1.72 bits per heavy atom. The summed E-state index contributed by atoms with van der Waals surface area (Å²) in [6, 6.07) is 16.4. The monoisotopic (exact) mass is 500 g/mol. The third-order valence-electron chi connectivity index (χ3n) is 6.62. The molecule has 36 heavy (non-hydrogen) atoms. The molecule has 1 aliphatic rings. The minimum atomic E-state index is -1.15. The van der Waals surface area contributed by atoms with Crippen LogP contribution in [-0.4, -0.2) is 22.9 Å². The van der Waals surface area contributed by atoms with Gasteiger partial charge in [0.05, 0.1) is 29.5 Å². The predicted octanol–water partition coefficient (Wildman–Crippen LogP) is 7.36. The van der Waals surface area contributed by atoms with E-state index >= 15 is 0 Å². The molecule has 5 nitrogen and oxygen atoms in total. The average molecular weight is 501 g/mol. The number of aliphatic carboxylic acids is 1. The molecule has 0 spiro atoms. The highest BCUT2D eigenvalue weighted by Gasteiger charge is 2.37. The fraction of sp³-hybridized carbons (Fsp3) is 0.333. The first kappa shape index (κ1) is 25.8. The van der Waals surface area contributed by atoms with Gasteiger partial charge in [-0.05, 0) is 75.4 Å². The van der Waals surface area contributed by atoms with E-state index in [-0.39, 0.29) is 0 Å². The van der Waals surface area contributed by atoms with Crippen molar-refractivity contribution in [2.45, 2.75) is 59.8 Å². The number of aryl methyl sites for hydroxylation is 1. The fourth-order valence-corrected chi connectivity index (χ4v) is 5.82. The Balaban J connectivity index is 2.19. The van der Waals surface area contributed by atoms with Crippen LogP contribution < -0.4 is 4.31 Å². The van der Waals surface area contributed by atoms with Gasteiger partial charge in [0.1, 0.15) is 0 Å². The van der Waals surface area contributed by atoms with Gasteiger partial charge in [-0.3, -0.25) is 0 Å². The molecular formula is C30H32N2O3S. The third-order valence-corrected chi connectivity index (χ3v) is 7.37. The van der Waals surface area contributed by atoms with Crippen molar-refractivity contribution in [3.8, 4) is 28.3 Å². The molecule has 1 N–H and O–H groups in total. The molecule has 0 aromatic heterocycles. The Morgan fingerprint density at radius 1 is 1.06 bits per heavy atom. The first-order valence-electron chi connectivity index (χ1n) is 12.0. The van der Waals surface area contributed by atoms with E-state index in [1.807, 2.05) is 84.2 Å². The van der Waals surface area contributed by atoms with Gasteiger partial charge < -0.3 is 14.1 Å². The summed E-state index contributed by atoms with van der Waals surface area (Å²) in [7, 11) is 0. The van der Waals surface area contributed by atoms with E-state index in [4.69, 9.17) is 4.74 Å². The van der Waals surface area contributed by atoms with Gasteiger partial charge in [0.25, 0.3) is 0 Å². The maximum atomic E-state index is 12.7. The van der Waals surface area contributed by atoms with Crippen molar-refractivity contribution in [1.29, 1.82) is 5.26 Å². The SMILES string of the molecule is CSN1Cc2cccc(C#N)c2-c2c(C)c(-c3ccc(C)cc3)c(C(OC(C)(C)C)C(=O)O)c(C)c21.